The highest BCUT2D eigenvalue weighted by Gasteiger charge is 2.33. The molecule has 1 saturated heterocycles. The summed E-state index contributed by atoms with van der Waals surface area (Å²) in [6, 6.07) is 10.8. The molecule has 8 nitrogen and oxygen atoms in total. The third-order valence-electron chi connectivity index (χ3n) is 6.22. The Hall–Kier alpha value is -3.57. The summed E-state index contributed by atoms with van der Waals surface area (Å²) in [5.41, 5.74) is 0.339. The van der Waals surface area contributed by atoms with E-state index in [-0.39, 0.29) is 49.7 Å². The first-order chi connectivity index (χ1) is 17.8. The van der Waals surface area contributed by atoms with Crippen LogP contribution in [0.2, 0.25) is 0 Å². The van der Waals surface area contributed by atoms with Gasteiger partial charge in [0.25, 0.3) is 5.91 Å². The number of hydrogen-bond acceptors (Lipinski definition) is 7. The Labute approximate surface area is 211 Å². The van der Waals surface area contributed by atoms with Crippen molar-refractivity contribution in [3.63, 3.8) is 0 Å². The number of amides is 1. The monoisotopic (exact) mass is 517 g/mol. The second-order valence-corrected chi connectivity index (χ2v) is 8.96. The van der Waals surface area contributed by atoms with E-state index in [1.165, 1.54) is 18.4 Å². The molecule has 2 aromatic carbocycles. The summed E-state index contributed by atoms with van der Waals surface area (Å²) in [6.45, 7) is 1.53. The minimum atomic E-state index is -4.49. The Morgan fingerprint density at radius 2 is 1.92 bits per heavy atom. The Kier molecular flexibility index (Phi) is 7.33. The van der Waals surface area contributed by atoms with Crippen LogP contribution in [-0.4, -0.2) is 41.8 Å². The minimum absolute atomic E-state index is 0.0128. The second kappa shape index (κ2) is 10.8. The van der Waals surface area contributed by atoms with Crippen LogP contribution in [0.3, 0.4) is 0 Å². The standard InChI is InChI=1S/C26H26F3N3O5/c27-26(28,29)20-6-2-1-4-18(20)13-32(12-17-7-8-22-23(10-17)37-16-36-22)14-24-31-21(15-35-24)25(33)30-11-19-5-3-9-34-19/h1-2,4,6-8,10,15,19H,3,5,9,11-14,16H2,(H,30,33)/t19-/m0/s1. The van der Waals surface area contributed by atoms with Gasteiger partial charge in [0, 0.05) is 26.2 Å². The number of ether oxygens (including phenoxy) is 3. The fourth-order valence-corrected chi connectivity index (χ4v) is 4.42. The third kappa shape index (κ3) is 6.23. The lowest BCUT2D eigenvalue weighted by Crippen LogP contribution is -2.32. The fourth-order valence-electron chi connectivity index (χ4n) is 4.42. The van der Waals surface area contributed by atoms with Crippen LogP contribution < -0.4 is 14.8 Å². The van der Waals surface area contributed by atoms with Gasteiger partial charge in [-0.25, -0.2) is 4.98 Å². The van der Waals surface area contributed by atoms with Crippen LogP contribution >= 0.6 is 0 Å². The molecule has 1 atom stereocenters. The number of nitrogens with zero attached hydrogens (tertiary/aromatic N) is 2. The van der Waals surface area contributed by atoms with E-state index in [4.69, 9.17) is 18.6 Å². The van der Waals surface area contributed by atoms with Gasteiger partial charge in [0.1, 0.15) is 6.26 Å². The predicted octanol–water partition coefficient (Wildman–Crippen LogP) is 4.53. The number of alkyl halides is 3. The zero-order chi connectivity index (χ0) is 25.8. The molecule has 196 valence electrons. The van der Waals surface area contributed by atoms with Gasteiger partial charge in [0.05, 0.1) is 18.2 Å². The number of halogens is 3. The summed E-state index contributed by atoms with van der Waals surface area (Å²) < 4.78 is 62.8. The Morgan fingerprint density at radius 1 is 1.08 bits per heavy atom. The molecule has 2 aliphatic heterocycles. The van der Waals surface area contributed by atoms with Crippen molar-refractivity contribution in [1.29, 1.82) is 0 Å². The maximum Gasteiger partial charge on any atom is 0.416 e. The summed E-state index contributed by atoms with van der Waals surface area (Å²) in [5.74, 6) is 1.02. The molecule has 0 bridgehead atoms. The molecule has 0 radical (unpaired) electrons. The number of hydrogen-bond donors (Lipinski definition) is 1. The molecular weight excluding hydrogens is 491 g/mol. The van der Waals surface area contributed by atoms with Gasteiger partial charge >= 0.3 is 6.18 Å². The van der Waals surface area contributed by atoms with Crippen molar-refractivity contribution in [1.82, 2.24) is 15.2 Å². The number of benzene rings is 2. The highest BCUT2D eigenvalue weighted by molar-refractivity contribution is 5.91. The summed E-state index contributed by atoms with van der Waals surface area (Å²) in [6.07, 6.45) is -1.40. The number of carbonyl (C=O) groups is 1. The third-order valence-corrected chi connectivity index (χ3v) is 6.22. The number of carbonyl (C=O) groups excluding carboxylic acids is 1. The average Bonchev–Trinajstić information content (AvgIpc) is 3.64. The lowest BCUT2D eigenvalue weighted by Gasteiger charge is -2.23. The number of rotatable bonds is 9. The van der Waals surface area contributed by atoms with Crippen LogP contribution in [0.1, 0.15) is 45.9 Å². The Morgan fingerprint density at radius 3 is 2.73 bits per heavy atom. The summed E-state index contributed by atoms with van der Waals surface area (Å²) in [7, 11) is 0. The largest absolute Gasteiger partial charge is 0.454 e. The second-order valence-electron chi connectivity index (χ2n) is 8.96. The van der Waals surface area contributed by atoms with Crippen molar-refractivity contribution in [2.75, 3.05) is 19.9 Å². The van der Waals surface area contributed by atoms with E-state index in [0.29, 0.717) is 24.7 Å². The van der Waals surface area contributed by atoms with E-state index in [1.807, 2.05) is 6.07 Å². The van der Waals surface area contributed by atoms with Gasteiger partial charge in [-0.15, -0.1) is 0 Å². The van der Waals surface area contributed by atoms with Crippen LogP contribution in [0.25, 0.3) is 0 Å². The van der Waals surface area contributed by atoms with Gasteiger partial charge in [-0.1, -0.05) is 24.3 Å². The van der Waals surface area contributed by atoms with E-state index in [1.54, 1.807) is 23.1 Å². The highest BCUT2D eigenvalue weighted by Crippen LogP contribution is 2.34. The van der Waals surface area contributed by atoms with Gasteiger partial charge in [0.15, 0.2) is 17.2 Å². The molecule has 37 heavy (non-hydrogen) atoms. The van der Waals surface area contributed by atoms with Crippen LogP contribution in [0.4, 0.5) is 13.2 Å². The van der Waals surface area contributed by atoms with Gasteiger partial charge in [-0.2, -0.15) is 13.2 Å². The van der Waals surface area contributed by atoms with Crippen molar-refractivity contribution in [2.24, 2.45) is 0 Å². The van der Waals surface area contributed by atoms with Crippen LogP contribution in [-0.2, 0) is 30.5 Å². The van der Waals surface area contributed by atoms with Gasteiger partial charge < -0.3 is 23.9 Å². The number of oxazole rings is 1. The predicted molar refractivity (Wildman–Crippen MR) is 125 cm³/mol. The van der Waals surface area contributed by atoms with Crippen LogP contribution in [0.15, 0.2) is 53.1 Å². The molecule has 5 rings (SSSR count). The molecule has 0 spiro atoms. The number of fused-ring (bicyclic) bond motifs is 1. The molecule has 11 heteroatoms. The van der Waals surface area contributed by atoms with Crippen molar-refractivity contribution < 1.29 is 36.6 Å². The highest BCUT2D eigenvalue weighted by atomic mass is 19.4. The minimum Gasteiger partial charge on any atom is -0.454 e. The normalized spacial score (nSPS) is 16.9. The zero-order valence-electron chi connectivity index (χ0n) is 19.9. The van der Waals surface area contributed by atoms with Crippen molar-refractivity contribution in [3.8, 4) is 11.5 Å². The van der Waals surface area contributed by atoms with Crippen molar-refractivity contribution in [2.45, 2.75) is 44.8 Å². The summed E-state index contributed by atoms with van der Waals surface area (Å²) in [5, 5.41) is 2.78. The molecule has 3 heterocycles. The topological polar surface area (TPSA) is 86.1 Å². The van der Waals surface area contributed by atoms with Gasteiger partial charge in [-0.3, -0.25) is 9.69 Å². The fraction of sp³-hybridized carbons (Fsp3) is 0.385. The first-order valence-corrected chi connectivity index (χ1v) is 12.0. The smallest absolute Gasteiger partial charge is 0.416 e. The van der Waals surface area contributed by atoms with E-state index in [2.05, 4.69) is 10.3 Å². The first-order valence-electron chi connectivity index (χ1n) is 12.0. The Bertz CT molecular complexity index is 1240. The van der Waals surface area contributed by atoms with E-state index < -0.39 is 17.6 Å². The number of nitrogens with one attached hydrogen (secondary N) is 1. The first kappa shape index (κ1) is 25.1. The Balaban J connectivity index is 1.33. The van der Waals surface area contributed by atoms with Gasteiger partial charge in [-0.05, 0) is 42.2 Å². The van der Waals surface area contributed by atoms with E-state index >= 15 is 0 Å². The maximum atomic E-state index is 13.6. The van der Waals surface area contributed by atoms with Crippen LogP contribution in [0.5, 0.6) is 11.5 Å². The van der Waals surface area contributed by atoms with E-state index in [0.717, 1.165) is 24.5 Å². The van der Waals surface area contributed by atoms with Gasteiger partial charge in [0.2, 0.25) is 12.7 Å². The molecule has 1 amide bonds. The van der Waals surface area contributed by atoms with E-state index in [9.17, 15) is 18.0 Å². The van der Waals surface area contributed by atoms with Crippen molar-refractivity contribution >= 4 is 5.91 Å². The molecular formula is C26H26F3N3O5. The molecule has 1 N–H and O–H groups in total. The quantitative estimate of drug-likeness (QED) is 0.446. The maximum absolute atomic E-state index is 13.6. The summed E-state index contributed by atoms with van der Waals surface area (Å²) >= 11 is 0. The van der Waals surface area contributed by atoms with Crippen LogP contribution in [0, 0.1) is 0 Å². The average molecular weight is 518 g/mol. The zero-order valence-corrected chi connectivity index (χ0v) is 19.9. The molecule has 0 saturated carbocycles. The molecule has 2 aliphatic rings. The lowest BCUT2D eigenvalue weighted by atomic mass is 10.1. The number of aromatic nitrogens is 1. The SMILES string of the molecule is O=C(NC[C@@H]1CCCO1)c1coc(CN(Cc2ccc3c(c2)OCO3)Cc2ccccc2C(F)(F)F)n1. The molecule has 0 unspecified atom stereocenters. The summed E-state index contributed by atoms with van der Waals surface area (Å²) in [4.78, 5) is 18.5. The lowest BCUT2D eigenvalue weighted by molar-refractivity contribution is -0.138. The molecule has 1 fully saturated rings. The molecule has 0 aliphatic carbocycles. The molecule has 1 aromatic heterocycles. The van der Waals surface area contributed by atoms with Crippen molar-refractivity contribution in [3.05, 3.63) is 77.0 Å². The molecule has 3 aromatic rings.